The van der Waals surface area contributed by atoms with Gasteiger partial charge in [0.25, 0.3) is 5.91 Å². The second-order valence-electron chi connectivity index (χ2n) is 9.11. The second kappa shape index (κ2) is 10.2. The van der Waals surface area contributed by atoms with Crippen molar-refractivity contribution >= 4 is 22.6 Å². The standard InChI is InChI=1S/C28H24F3N5O2/c1-35-11-13-36(14-12-35)25-17-24-23(32-26(33-24)20-3-2-4-21(15-20)27(37)34-38)16-19(25)8-5-18-6-9-22(10-7-18)28(29,30)31/h2-4,6-7,9-10,15-17,38H,11-14H2,1H3,(H,32,33)(H,34,37). The summed E-state index contributed by atoms with van der Waals surface area (Å²) in [6, 6.07) is 15.3. The van der Waals surface area contributed by atoms with Crippen LogP contribution in [0.1, 0.15) is 27.0 Å². The highest BCUT2D eigenvalue weighted by molar-refractivity contribution is 5.94. The molecule has 0 radical (unpaired) electrons. The van der Waals surface area contributed by atoms with Gasteiger partial charge in [0.1, 0.15) is 5.82 Å². The average molecular weight is 520 g/mol. The average Bonchev–Trinajstić information content (AvgIpc) is 3.34. The fourth-order valence-corrected chi connectivity index (χ4v) is 4.35. The first kappa shape index (κ1) is 25.3. The van der Waals surface area contributed by atoms with Crippen molar-refractivity contribution in [2.75, 3.05) is 38.1 Å². The van der Waals surface area contributed by atoms with Crippen molar-refractivity contribution in [3.05, 3.63) is 82.9 Å². The van der Waals surface area contributed by atoms with E-state index in [9.17, 15) is 18.0 Å². The number of imidazole rings is 1. The van der Waals surface area contributed by atoms with E-state index in [0.717, 1.165) is 55.1 Å². The molecule has 4 aromatic rings. The summed E-state index contributed by atoms with van der Waals surface area (Å²) < 4.78 is 38.8. The van der Waals surface area contributed by atoms with Gasteiger partial charge < -0.3 is 14.8 Å². The molecule has 0 bridgehead atoms. The molecular formula is C28H24F3N5O2. The number of rotatable bonds is 3. The van der Waals surface area contributed by atoms with E-state index in [1.54, 1.807) is 29.7 Å². The molecule has 5 rings (SSSR count). The third kappa shape index (κ3) is 5.34. The van der Waals surface area contributed by atoms with Crippen LogP contribution >= 0.6 is 0 Å². The number of H-pyrrole nitrogens is 1. The van der Waals surface area contributed by atoms with E-state index in [1.807, 2.05) is 12.1 Å². The van der Waals surface area contributed by atoms with Gasteiger partial charge in [0.2, 0.25) is 0 Å². The highest BCUT2D eigenvalue weighted by atomic mass is 19.4. The van der Waals surface area contributed by atoms with Crippen molar-refractivity contribution in [2.24, 2.45) is 0 Å². The minimum atomic E-state index is -4.40. The molecule has 2 heterocycles. The van der Waals surface area contributed by atoms with Gasteiger partial charge in [-0.3, -0.25) is 10.0 Å². The van der Waals surface area contributed by atoms with Crippen LogP contribution in [0.3, 0.4) is 0 Å². The largest absolute Gasteiger partial charge is 0.416 e. The molecule has 0 unspecified atom stereocenters. The highest BCUT2D eigenvalue weighted by Crippen LogP contribution is 2.30. The zero-order chi connectivity index (χ0) is 26.9. The van der Waals surface area contributed by atoms with Gasteiger partial charge in [0.05, 0.1) is 27.8 Å². The maximum atomic E-state index is 12.9. The van der Waals surface area contributed by atoms with Crippen molar-refractivity contribution in [3.8, 4) is 23.2 Å². The third-order valence-corrected chi connectivity index (χ3v) is 6.50. The monoisotopic (exact) mass is 519 g/mol. The number of nitrogens with zero attached hydrogens (tertiary/aromatic N) is 3. The fraction of sp³-hybridized carbons (Fsp3) is 0.214. The molecule has 1 saturated heterocycles. The van der Waals surface area contributed by atoms with Gasteiger partial charge in [-0.15, -0.1) is 0 Å². The minimum absolute atomic E-state index is 0.284. The molecule has 194 valence electrons. The molecule has 7 nitrogen and oxygen atoms in total. The number of nitrogens with one attached hydrogen (secondary N) is 2. The van der Waals surface area contributed by atoms with Crippen LogP contribution in [-0.2, 0) is 6.18 Å². The van der Waals surface area contributed by atoms with E-state index in [1.165, 1.54) is 12.1 Å². The smallest absolute Gasteiger partial charge is 0.368 e. The lowest BCUT2D eigenvalue weighted by molar-refractivity contribution is -0.137. The number of piperazine rings is 1. The Hall–Kier alpha value is -4.33. The normalized spacial score (nSPS) is 14.3. The maximum absolute atomic E-state index is 12.9. The van der Waals surface area contributed by atoms with Crippen LogP contribution < -0.4 is 10.4 Å². The summed E-state index contributed by atoms with van der Waals surface area (Å²) in [5.74, 6) is 6.08. The van der Waals surface area contributed by atoms with Crippen molar-refractivity contribution in [1.82, 2.24) is 20.3 Å². The minimum Gasteiger partial charge on any atom is -0.368 e. The topological polar surface area (TPSA) is 84.5 Å². The number of halogens is 3. The zero-order valence-corrected chi connectivity index (χ0v) is 20.4. The number of hydrogen-bond acceptors (Lipinski definition) is 5. The van der Waals surface area contributed by atoms with Crippen molar-refractivity contribution in [3.63, 3.8) is 0 Å². The van der Waals surface area contributed by atoms with Gasteiger partial charge in [-0.1, -0.05) is 24.0 Å². The van der Waals surface area contributed by atoms with Crippen molar-refractivity contribution in [2.45, 2.75) is 6.18 Å². The van der Waals surface area contributed by atoms with E-state index in [-0.39, 0.29) is 5.56 Å². The Bertz CT molecular complexity index is 1540. The maximum Gasteiger partial charge on any atom is 0.416 e. The van der Waals surface area contributed by atoms with Crippen LogP contribution in [0, 0.1) is 11.8 Å². The number of hydroxylamine groups is 1. The predicted octanol–water partition coefficient (Wildman–Crippen LogP) is 4.52. The Morgan fingerprint density at radius 3 is 2.45 bits per heavy atom. The van der Waals surface area contributed by atoms with Gasteiger partial charge in [0, 0.05) is 42.9 Å². The van der Waals surface area contributed by atoms with E-state index < -0.39 is 17.6 Å². The zero-order valence-electron chi connectivity index (χ0n) is 20.4. The van der Waals surface area contributed by atoms with Crippen molar-refractivity contribution < 1.29 is 23.2 Å². The summed E-state index contributed by atoms with van der Waals surface area (Å²) in [6.07, 6.45) is -4.40. The summed E-state index contributed by atoms with van der Waals surface area (Å²) in [7, 11) is 2.07. The molecule has 3 N–H and O–H groups in total. The molecule has 10 heteroatoms. The van der Waals surface area contributed by atoms with Crippen LogP contribution in [-0.4, -0.2) is 59.2 Å². The summed E-state index contributed by atoms with van der Waals surface area (Å²) >= 11 is 0. The number of carbonyl (C=O) groups is 1. The van der Waals surface area contributed by atoms with Gasteiger partial charge in [-0.2, -0.15) is 13.2 Å². The number of fused-ring (bicyclic) bond motifs is 1. The molecule has 1 fully saturated rings. The molecule has 0 spiro atoms. The Morgan fingerprint density at radius 2 is 1.76 bits per heavy atom. The Labute approximate surface area is 216 Å². The lowest BCUT2D eigenvalue weighted by atomic mass is 10.1. The third-order valence-electron chi connectivity index (χ3n) is 6.50. The molecule has 1 aliphatic rings. The lowest BCUT2D eigenvalue weighted by Gasteiger charge is -2.34. The molecule has 0 aliphatic carbocycles. The first-order valence-corrected chi connectivity index (χ1v) is 11.9. The van der Waals surface area contributed by atoms with Crippen LogP contribution in [0.4, 0.5) is 18.9 Å². The molecular weight excluding hydrogens is 495 g/mol. The van der Waals surface area contributed by atoms with E-state index in [4.69, 9.17) is 10.2 Å². The molecule has 38 heavy (non-hydrogen) atoms. The quantitative estimate of drug-likeness (QED) is 0.211. The Balaban J connectivity index is 1.55. The van der Waals surface area contributed by atoms with Crippen LogP contribution in [0.5, 0.6) is 0 Å². The van der Waals surface area contributed by atoms with Crippen molar-refractivity contribution in [1.29, 1.82) is 0 Å². The van der Waals surface area contributed by atoms with E-state index >= 15 is 0 Å². The molecule has 1 aromatic heterocycles. The number of aromatic nitrogens is 2. The number of benzene rings is 3. The SMILES string of the molecule is CN1CCN(c2cc3nc(-c4cccc(C(=O)NO)c4)[nH]c3cc2C#Cc2ccc(C(F)(F)F)cc2)CC1. The summed E-state index contributed by atoms with van der Waals surface area (Å²) in [4.78, 5) is 24.3. The number of likely N-dealkylation sites (N-methyl/N-ethyl adjacent to an activating group) is 1. The van der Waals surface area contributed by atoms with Crippen LogP contribution in [0.15, 0.2) is 60.7 Å². The summed E-state index contributed by atoms with van der Waals surface area (Å²) in [6.45, 7) is 3.36. The van der Waals surface area contributed by atoms with Crippen LogP contribution in [0.25, 0.3) is 22.4 Å². The highest BCUT2D eigenvalue weighted by Gasteiger charge is 2.29. The molecule has 0 saturated carbocycles. The Kier molecular flexibility index (Phi) is 6.80. The number of alkyl halides is 3. The molecule has 3 aromatic carbocycles. The first-order valence-electron chi connectivity index (χ1n) is 11.9. The lowest BCUT2D eigenvalue weighted by Crippen LogP contribution is -2.44. The number of anilines is 1. The van der Waals surface area contributed by atoms with Gasteiger partial charge in [0.15, 0.2) is 0 Å². The second-order valence-corrected chi connectivity index (χ2v) is 9.11. The summed E-state index contributed by atoms with van der Waals surface area (Å²) in [5.41, 5.74) is 5.41. The van der Waals surface area contributed by atoms with Gasteiger partial charge in [-0.05, 0) is 55.6 Å². The molecule has 0 atom stereocenters. The fourth-order valence-electron chi connectivity index (χ4n) is 4.35. The van der Waals surface area contributed by atoms with Gasteiger partial charge in [-0.25, -0.2) is 10.5 Å². The molecule has 1 aliphatic heterocycles. The first-order chi connectivity index (χ1) is 18.2. The number of aromatic amines is 1. The molecule has 1 amide bonds. The predicted molar refractivity (Wildman–Crippen MR) is 138 cm³/mol. The van der Waals surface area contributed by atoms with E-state index in [0.29, 0.717) is 22.5 Å². The van der Waals surface area contributed by atoms with Crippen LogP contribution in [0.2, 0.25) is 0 Å². The van der Waals surface area contributed by atoms with E-state index in [2.05, 4.69) is 33.7 Å². The summed E-state index contributed by atoms with van der Waals surface area (Å²) in [5, 5.41) is 8.95. The number of hydrogen-bond donors (Lipinski definition) is 3. The number of carbonyl (C=O) groups excluding carboxylic acids is 1. The Morgan fingerprint density at radius 1 is 1.03 bits per heavy atom. The number of amides is 1. The van der Waals surface area contributed by atoms with Gasteiger partial charge >= 0.3 is 6.18 Å².